The first-order valence-electron chi connectivity index (χ1n) is 7.20. The van der Waals surface area contributed by atoms with Crippen LogP contribution in [0.1, 0.15) is 11.1 Å². The molecule has 114 valence electrons. The topological polar surface area (TPSA) is 70.4 Å². The van der Waals surface area contributed by atoms with Crippen LogP contribution in [0.3, 0.4) is 0 Å². The van der Waals surface area contributed by atoms with Crippen molar-refractivity contribution in [1.82, 2.24) is 9.97 Å². The molecule has 23 heavy (non-hydrogen) atoms. The van der Waals surface area contributed by atoms with Crippen LogP contribution >= 0.6 is 0 Å². The largest absolute Gasteiger partial charge is 0.507 e. The van der Waals surface area contributed by atoms with Gasteiger partial charge in [0, 0.05) is 11.8 Å². The number of phenols is 1. The van der Waals surface area contributed by atoms with Crippen LogP contribution in [-0.2, 0) is 0 Å². The molecule has 5 heteroatoms. The molecular weight excluding hydrogens is 288 g/mol. The highest BCUT2D eigenvalue weighted by Gasteiger charge is 2.09. The second kappa shape index (κ2) is 6.70. The van der Waals surface area contributed by atoms with Gasteiger partial charge in [0.1, 0.15) is 5.75 Å². The summed E-state index contributed by atoms with van der Waals surface area (Å²) in [5.74, 6) is 0.564. The van der Waals surface area contributed by atoms with Gasteiger partial charge in [-0.2, -0.15) is 5.10 Å². The lowest BCUT2D eigenvalue weighted by atomic mass is 10.1. The van der Waals surface area contributed by atoms with Crippen LogP contribution in [0.4, 0.5) is 5.95 Å². The third-order valence-electron chi connectivity index (χ3n) is 3.31. The first kappa shape index (κ1) is 14.7. The van der Waals surface area contributed by atoms with Crippen molar-refractivity contribution in [2.45, 2.75) is 6.92 Å². The number of anilines is 1. The number of hydrogen-bond acceptors (Lipinski definition) is 5. The number of phenolic OH excluding ortho intramolecular Hbond substituents is 1. The van der Waals surface area contributed by atoms with E-state index in [0.717, 1.165) is 11.1 Å². The predicted octanol–water partition coefficient (Wildman–Crippen LogP) is 3.60. The lowest BCUT2D eigenvalue weighted by Crippen LogP contribution is -2.00. The lowest BCUT2D eigenvalue weighted by molar-refractivity contribution is 0.477. The van der Waals surface area contributed by atoms with Gasteiger partial charge in [-0.15, -0.1) is 0 Å². The van der Waals surface area contributed by atoms with Crippen molar-refractivity contribution in [1.29, 1.82) is 0 Å². The molecule has 0 atom stereocenters. The average molecular weight is 304 g/mol. The van der Waals surface area contributed by atoms with Crippen molar-refractivity contribution >= 4 is 12.2 Å². The summed E-state index contributed by atoms with van der Waals surface area (Å²) in [6, 6.07) is 16.8. The zero-order valence-electron chi connectivity index (χ0n) is 12.6. The standard InChI is InChI=1S/C18H16N4O/c1-13-11-19-18(22-20-12-14-7-3-2-4-8-14)21-17(13)15-9-5-6-10-16(15)23/h2-12,23H,1H3,(H,19,21,22)/b20-12+. The van der Waals surface area contributed by atoms with E-state index in [1.807, 2.05) is 49.4 Å². The molecule has 1 heterocycles. The number of benzene rings is 2. The first-order chi connectivity index (χ1) is 11.2. The Morgan fingerprint density at radius 1 is 1.04 bits per heavy atom. The number of para-hydroxylation sites is 1. The summed E-state index contributed by atoms with van der Waals surface area (Å²) in [5.41, 5.74) is 6.02. The van der Waals surface area contributed by atoms with E-state index in [9.17, 15) is 5.11 Å². The molecule has 1 aromatic heterocycles. The number of rotatable bonds is 4. The van der Waals surface area contributed by atoms with E-state index >= 15 is 0 Å². The molecule has 2 N–H and O–H groups in total. The van der Waals surface area contributed by atoms with E-state index in [2.05, 4.69) is 20.5 Å². The maximum Gasteiger partial charge on any atom is 0.244 e. The summed E-state index contributed by atoms with van der Waals surface area (Å²) in [4.78, 5) is 8.65. The molecule has 5 nitrogen and oxygen atoms in total. The van der Waals surface area contributed by atoms with Gasteiger partial charge in [-0.1, -0.05) is 42.5 Å². The van der Waals surface area contributed by atoms with Crippen LogP contribution in [0.5, 0.6) is 5.75 Å². The van der Waals surface area contributed by atoms with Crippen LogP contribution in [0.15, 0.2) is 65.9 Å². The van der Waals surface area contributed by atoms with Gasteiger partial charge >= 0.3 is 0 Å². The molecule has 3 aromatic rings. The lowest BCUT2D eigenvalue weighted by Gasteiger charge is -2.08. The Morgan fingerprint density at radius 2 is 1.78 bits per heavy atom. The number of nitrogens with zero attached hydrogens (tertiary/aromatic N) is 3. The molecule has 0 radical (unpaired) electrons. The van der Waals surface area contributed by atoms with E-state index in [4.69, 9.17) is 0 Å². The van der Waals surface area contributed by atoms with Gasteiger partial charge in [0.25, 0.3) is 0 Å². The van der Waals surface area contributed by atoms with Crippen molar-refractivity contribution < 1.29 is 5.11 Å². The van der Waals surface area contributed by atoms with E-state index < -0.39 is 0 Å². The number of aryl methyl sites for hydroxylation is 1. The SMILES string of the molecule is Cc1cnc(N/N=C/c2ccccc2)nc1-c1ccccc1O. The Bertz CT molecular complexity index is 831. The molecular formula is C18H16N4O. The fraction of sp³-hybridized carbons (Fsp3) is 0.0556. The third-order valence-corrected chi connectivity index (χ3v) is 3.31. The molecule has 0 aliphatic heterocycles. The molecule has 0 bridgehead atoms. The van der Waals surface area contributed by atoms with Crippen LogP contribution in [0.25, 0.3) is 11.3 Å². The molecule has 0 spiro atoms. The van der Waals surface area contributed by atoms with E-state index in [-0.39, 0.29) is 5.75 Å². The number of hydrazone groups is 1. The summed E-state index contributed by atoms with van der Waals surface area (Å²) in [7, 11) is 0. The van der Waals surface area contributed by atoms with Crippen molar-refractivity contribution in [3.63, 3.8) is 0 Å². The summed E-state index contributed by atoms with van der Waals surface area (Å²) in [6.07, 6.45) is 3.40. The molecule has 0 aliphatic carbocycles. The van der Waals surface area contributed by atoms with Gasteiger partial charge in [0.2, 0.25) is 5.95 Å². The molecule has 0 saturated heterocycles. The fourth-order valence-electron chi connectivity index (χ4n) is 2.15. The van der Waals surface area contributed by atoms with Gasteiger partial charge in [0.05, 0.1) is 11.9 Å². The van der Waals surface area contributed by atoms with E-state index in [1.54, 1.807) is 24.5 Å². The minimum atomic E-state index is 0.188. The number of nitrogens with one attached hydrogen (secondary N) is 1. The normalized spacial score (nSPS) is 10.8. The van der Waals surface area contributed by atoms with Crippen LogP contribution < -0.4 is 5.43 Å². The Labute approximate surface area is 134 Å². The Balaban J connectivity index is 1.84. The molecule has 0 aliphatic rings. The van der Waals surface area contributed by atoms with Gasteiger partial charge in [-0.3, -0.25) is 0 Å². The van der Waals surface area contributed by atoms with Crippen LogP contribution in [-0.4, -0.2) is 21.3 Å². The monoisotopic (exact) mass is 304 g/mol. The molecule has 0 saturated carbocycles. The number of aromatic hydroxyl groups is 1. The predicted molar refractivity (Wildman–Crippen MR) is 91.5 cm³/mol. The first-order valence-corrected chi connectivity index (χ1v) is 7.20. The number of aromatic nitrogens is 2. The third kappa shape index (κ3) is 3.52. The quantitative estimate of drug-likeness (QED) is 0.570. The molecule has 2 aromatic carbocycles. The van der Waals surface area contributed by atoms with Crippen LogP contribution in [0.2, 0.25) is 0 Å². The highest BCUT2D eigenvalue weighted by Crippen LogP contribution is 2.29. The summed E-state index contributed by atoms with van der Waals surface area (Å²) in [6.45, 7) is 1.90. The highest BCUT2D eigenvalue weighted by molar-refractivity contribution is 5.79. The summed E-state index contributed by atoms with van der Waals surface area (Å²) >= 11 is 0. The molecule has 3 rings (SSSR count). The van der Waals surface area contributed by atoms with Crippen molar-refractivity contribution in [3.05, 3.63) is 71.9 Å². The van der Waals surface area contributed by atoms with Crippen molar-refractivity contribution in [2.24, 2.45) is 5.10 Å². The van der Waals surface area contributed by atoms with Crippen molar-refractivity contribution in [2.75, 3.05) is 5.43 Å². The van der Waals surface area contributed by atoms with E-state index in [1.165, 1.54) is 0 Å². The average Bonchev–Trinajstić information content (AvgIpc) is 2.58. The molecule has 0 amide bonds. The highest BCUT2D eigenvalue weighted by atomic mass is 16.3. The minimum Gasteiger partial charge on any atom is -0.507 e. The minimum absolute atomic E-state index is 0.188. The van der Waals surface area contributed by atoms with Gasteiger partial charge in [-0.25, -0.2) is 15.4 Å². The van der Waals surface area contributed by atoms with Gasteiger partial charge < -0.3 is 5.11 Å². The zero-order valence-corrected chi connectivity index (χ0v) is 12.6. The second-order valence-electron chi connectivity index (χ2n) is 5.02. The summed E-state index contributed by atoms with van der Waals surface area (Å²) in [5, 5.41) is 14.1. The summed E-state index contributed by atoms with van der Waals surface area (Å²) < 4.78 is 0. The van der Waals surface area contributed by atoms with Gasteiger partial charge in [-0.05, 0) is 30.2 Å². The van der Waals surface area contributed by atoms with Gasteiger partial charge in [0.15, 0.2) is 0 Å². The zero-order chi connectivity index (χ0) is 16.1. The maximum absolute atomic E-state index is 9.99. The molecule has 0 unspecified atom stereocenters. The maximum atomic E-state index is 9.99. The Morgan fingerprint density at radius 3 is 2.57 bits per heavy atom. The fourth-order valence-corrected chi connectivity index (χ4v) is 2.15. The van der Waals surface area contributed by atoms with Crippen LogP contribution in [0, 0.1) is 6.92 Å². The number of hydrogen-bond donors (Lipinski definition) is 2. The molecule has 0 fully saturated rings. The smallest absolute Gasteiger partial charge is 0.244 e. The Kier molecular flexibility index (Phi) is 4.29. The second-order valence-corrected chi connectivity index (χ2v) is 5.02. The van der Waals surface area contributed by atoms with Crippen molar-refractivity contribution in [3.8, 4) is 17.0 Å². The van der Waals surface area contributed by atoms with E-state index in [0.29, 0.717) is 17.2 Å². The Hall–Kier alpha value is -3.21.